The first-order valence-electron chi connectivity index (χ1n) is 18.0. The quantitative estimate of drug-likeness (QED) is 0.151. The van der Waals surface area contributed by atoms with Gasteiger partial charge in [0.2, 0.25) is 0 Å². The Hall–Kier alpha value is -3.52. The van der Waals surface area contributed by atoms with Gasteiger partial charge in [-0.05, 0) is 0 Å². The Morgan fingerprint density at radius 1 is 0.442 bits per heavy atom. The van der Waals surface area contributed by atoms with Crippen LogP contribution in [0.4, 0.5) is 0 Å². The molecule has 8 rings (SSSR count). The summed E-state index contributed by atoms with van der Waals surface area (Å²) in [7, 11) is 0. The molecule has 0 bridgehead atoms. The second-order valence-corrected chi connectivity index (χ2v) is 32.3. The summed E-state index contributed by atoms with van der Waals surface area (Å²) >= 11 is -2.16. The van der Waals surface area contributed by atoms with E-state index in [1.54, 1.807) is 22.3 Å². The van der Waals surface area contributed by atoms with Crippen LogP contribution in [-0.2, 0) is 33.2 Å². The fraction of sp³-hybridized carbons (Fsp3) is 0.167. The first kappa shape index (κ1) is 38.2. The third-order valence-electron chi connectivity index (χ3n) is 10.8. The van der Waals surface area contributed by atoms with Crippen molar-refractivity contribution in [3.05, 3.63) is 201 Å². The number of rotatable bonds is 8. The van der Waals surface area contributed by atoms with Gasteiger partial charge in [-0.3, -0.25) is 0 Å². The molecule has 0 spiro atoms. The van der Waals surface area contributed by atoms with Gasteiger partial charge in [0.1, 0.15) is 0 Å². The average Bonchev–Trinajstić information content (AvgIpc) is 3.65. The molecule has 2 aliphatic carbocycles. The molecule has 2 unspecified atom stereocenters. The molecule has 0 fully saturated rings. The summed E-state index contributed by atoms with van der Waals surface area (Å²) in [6, 6.07) is 54.5. The minimum absolute atomic E-state index is 0. The summed E-state index contributed by atoms with van der Waals surface area (Å²) < 4.78 is 1.24. The molecule has 0 N–H and O–H groups in total. The third-order valence-corrected chi connectivity index (χ3v) is 30.7. The average molecular weight is 811 g/mol. The van der Waals surface area contributed by atoms with Crippen molar-refractivity contribution in [1.82, 2.24) is 0 Å². The van der Waals surface area contributed by atoms with Crippen LogP contribution in [0.1, 0.15) is 65.6 Å². The monoisotopic (exact) mass is 808 g/mol. The van der Waals surface area contributed by atoms with Crippen molar-refractivity contribution in [3.63, 3.8) is 0 Å². The first-order valence-corrected chi connectivity index (χ1v) is 27.0. The van der Waals surface area contributed by atoms with Crippen molar-refractivity contribution in [2.75, 3.05) is 0 Å². The second kappa shape index (κ2) is 16.7. The largest absolute Gasteiger partial charge is 1.00 e. The molecule has 52 heavy (non-hydrogen) atoms. The van der Waals surface area contributed by atoms with E-state index in [1.807, 2.05) is 0 Å². The van der Waals surface area contributed by atoms with E-state index in [-0.39, 0.29) is 24.8 Å². The van der Waals surface area contributed by atoms with Crippen molar-refractivity contribution in [2.45, 2.75) is 47.0 Å². The van der Waals surface area contributed by atoms with E-state index in [0.717, 1.165) is 12.8 Å². The predicted octanol–water partition coefficient (Wildman–Crippen LogP) is 6.70. The van der Waals surface area contributed by atoms with E-state index in [1.165, 1.54) is 55.6 Å². The summed E-state index contributed by atoms with van der Waals surface area (Å²) in [6.07, 6.45) is 7.06. The van der Waals surface area contributed by atoms with Crippen LogP contribution >= 0.6 is 0 Å². The molecular formula is C48H44Cl2SiZr. The maximum atomic E-state index is 2.63. The fourth-order valence-electron chi connectivity index (χ4n) is 8.44. The fourth-order valence-corrected chi connectivity index (χ4v) is 29.2. The van der Waals surface area contributed by atoms with Crippen LogP contribution in [0.5, 0.6) is 0 Å². The number of fused-ring (bicyclic) bond motifs is 2. The van der Waals surface area contributed by atoms with E-state index in [9.17, 15) is 0 Å². The minimum Gasteiger partial charge on any atom is -1.00 e. The Kier molecular flexibility index (Phi) is 12.2. The Morgan fingerprint density at radius 2 is 0.808 bits per heavy atom. The van der Waals surface area contributed by atoms with Gasteiger partial charge in [-0.2, -0.15) is 0 Å². The zero-order chi connectivity index (χ0) is 34.2. The van der Waals surface area contributed by atoms with Gasteiger partial charge >= 0.3 is 296 Å². The van der Waals surface area contributed by atoms with Gasteiger partial charge in [0.05, 0.1) is 0 Å². The molecule has 258 valence electrons. The van der Waals surface area contributed by atoms with Crippen LogP contribution in [0.15, 0.2) is 157 Å². The molecular weight excluding hydrogens is 767 g/mol. The van der Waals surface area contributed by atoms with Crippen LogP contribution in [0.2, 0.25) is 13.1 Å². The molecule has 0 aliphatic heterocycles. The number of halogens is 2. The first-order chi connectivity index (χ1) is 24.4. The number of benzene rings is 6. The Balaban J connectivity index is 0.00000232. The zero-order valence-electron chi connectivity index (χ0n) is 30.3. The van der Waals surface area contributed by atoms with Gasteiger partial charge in [0, 0.05) is 0 Å². The second-order valence-electron chi connectivity index (χ2n) is 14.4. The van der Waals surface area contributed by atoms with Crippen LogP contribution in [0.3, 0.4) is 0 Å². The molecule has 0 saturated heterocycles. The normalized spacial score (nSPS) is 15.2. The molecule has 0 radical (unpaired) electrons. The molecule has 0 nitrogen and oxygen atoms in total. The summed E-state index contributed by atoms with van der Waals surface area (Å²) in [5, 5.41) is 0. The van der Waals surface area contributed by atoms with Crippen molar-refractivity contribution in [2.24, 2.45) is 0 Å². The van der Waals surface area contributed by atoms with Gasteiger partial charge in [-0.25, -0.2) is 0 Å². The van der Waals surface area contributed by atoms with E-state index in [4.69, 9.17) is 0 Å². The van der Waals surface area contributed by atoms with Gasteiger partial charge in [0.15, 0.2) is 0 Å². The van der Waals surface area contributed by atoms with E-state index in [0.29, 0.717) is 7.25 Å². The molecule has 6 aromatic carbocycles. The Morgan fingerprint density at radius 3 is 1.17 bits per heavy atom. The van der Waals surface area contributed by atoms with E-state index in [2.05, 4.69) is 185 Å². The summed E-state index contributed by atoms with van der Waals surface area (Å²) in [4.78, 5) is 0. The van der Waals surface area contributed by atoms with Crippen molar-refractivity contribution < 1.29 is 45.2 Å². The summed E-state index contributed by atoms with van der Waals surface area (Å²) in [6.45, 7) is 10.1. The number of hydrogen-bond donors (Lipinski definition) is 0. The van der Waals surface area contributed by atoms with Gasteiger partial charge in [-0.15, -0.1) is 0 Å². The summed E-state index contributed by atoms with van der Waals surface area (Å²) in [5.74, 6) is 0. The topological polar surface area (TPSA) is 0 Å². The molecule has 0 amide bonds. The molecule has 2 aliphatic rings. The molecule has 0 heterocycles. The third kappa shape index (κ3) is 7.60. The molecule has 0 aromatic heterocycles. The Labute approximate surface area is 330 Å². The van der Waals surface area contributed by atoms with Gasteiger partial charge in [-0.1, -0.05) is 12.1 Å². The minimum atomic E-state index is -2.16. The standard InChI is InChI=1S/2C23H19.C2H6Si.2ClH.Zr/c2*1-17-14-21-8-5-9-22(23(21)15-17)20-12-10-19(11-13-20)16-18-6-3-2-4-7-18;1-3-2;;;/h2*2-15H,16H2,1H3;1-2H3;2*1H;/q;;;;;+2/p-2. The maximum absolute atomic E-state index is 2.63. The maximum Gasteiger partial charge on any atom is -1.00 e. The van der Waals surface area contributed by atoms with Gasteiger partial charge < -0.3 is 24.8 Å². The SMILES string of the molecule is CC1=Cc2c(-c3ccc(Cc4ccccc4)cc3)cccc2[CH]1[Zr+2]([CH]1C(C)=Cc2c(-c3ccc(Cc4ccccc4)cc3)cccc21)=[Si](C)C.[Cl-].[Cl-]. The predicted molar refractivity (Wildman–Crippen MR) is 213 cm³/mol. The van der Waals surface area contributed by atoms with Crippen LogP contribution in [0.25, 0.3) is 34.4 Å². The molecule has 2 atom stereocenters. The van der Waals surface area contributed by atoms with Crippen LogP contribution in [-0.4, -0.2) is 5.43 Å². The number of hydrogen-bond acceptors (Lipinski definition) is 0. The Bertz CT molecular complexity index is 2120. The molecule has 4 heteroatoms. The molecule has 6 aromatic rings. The van der Waals surface area contributed by atoms with Gasteiger partial charge in [0.25, 0.3) is 0 Å². The smallest absolute Gasteiger partial charge is 1.00 e. The van der Waals surface area contributed by atoms with E-state index >= 15 is 0 Å². The summed E-state index contributed by atoms with van der Waals surface area (Å²) in [5.41, 5.74) is 19.7. The van der Waals surface area contributed by atoms with Crippen molar-refractivity contribution >= 4 is 17.6 Å². The molecule has 0 saturated carbocycles. The van der Waals surface area contributed by atoms with Crippen molar-refractivity contribution in [3.8, 4) is 22.3 Å². The van der Waals surface area contributed by atoms with Crippen molar-refractivity contribution in [1.29, 1.82) is 0 Å². The zero-order valence-corrected chi connectivity index (χ0v) is 35.3. The van der Waals surface area contributed by atoms with E-state index < -0.39 is 25.8 Å². The van der Waals surface area contributed by atoms with Crippen LogP contribution < -0.4 is 24.8 Å². The number of allylic oxidation sites excluding steroid dienone is 2. The van der Waals surface area contributed by atoms with Crippen LogP contribution in [0, 0.1) is 0 Å².